The summed E-state index contributed by atoms with van der Waals surface area (Å²) in [5.74, 6) is -2.18. The number of rotatable bonds is 7. The fourth-order valence-corrected chi connectivity index (χ4v) is 2.49. The number of carbonyl (C=O) groups excluding carboxylic acids is 1. The number of benzene rings is 2. The standard InChI is InChI=1S/C19H19F2N3O/c1-13(23-2)9-10-24(12-25)17-8-7-16(18(20)19(17)21)15-6-4-3-5-14(15)11-22/h3-8,12-13,23H,9-10H2,1-2H3. The molecule has 130 valence electrons. The largest absolute Gasteiger partial charge is 0.317 e. The number of halogens is 2. The second kappa shape index (κ2) is 8.36. The van der Waals surface area contributed by atoms with Crippen molar-refractivity contribution in [2.75, 3.05) is 18.5 Å². The van der Waals surface area contributed by atoms with E-state index in [1.807, 2.05) is 13.0 Å². The minimum absolute atomic E-state index is 0.00663. The number of nitrogens with zero attached hydrogens (tertiary/aromatic N) is 2. The van der Waals surface area contributed by atoms with Gasteiger partial charge in [0.15, 0.2) is 11.6 Å². The highest BCUT2D eigenvalue weighted by molar-refractivity contribution is 5.79. The molecule has 4 nitrogen and oxygen atoms in total. The highest BCUT2D eigenvalue weighted by Gasteiger charge is 2.20. The van der Waals surface area contributed by atoms with Gasteiger partial charge in [0.1, 0.15) is 0 Å². The second-order valence-electron chi connectivity index (χ2n) is 5.69. The SMILES string of the molecule is CNC(C)CCN(C=O)c1ccc(-c2ccccc2C#N)c(F)c1F. The van der Waals surface area contributed by atoms with E-state index >= 15 is 0 Å². The lowest BCUT2D eigenvalue weighted by Crippen LogP contribution is -2.30. The summed E-state index contributed by atoms with van der Waals surface area (Å²) in [5, 5.41) is 12.2. The first kappa shape index (κ1) is 18.6. The van der Waals surface area contributed by atoms with Crippen LogP contribution in [0.4, 0.5) is 14.5 Å². The van der Waals surface area contributed by atoms with E-state index in [-0.39, 0.29) is 29.4 Å². The highest BCUT2D eigenvalue weighted by Crippen LogP contribution is 2.32. The summed E-state index contributed by atoms with van der Waals surface area (Å²) in [4.78, 5) is 12.4. The number of nitrogens with one attached hydrogen (secondary N) is 1. The molecule has 0 aliphatic rings. The van der Waals surface area contributed by atoms with Gasteiger partial charge in [0, 0.05) is 23.7 Å². The molecule has 1 amide bonds. The van der Waals surface area contributed by atoms with Gasteiger partial charge in [-0.1, -0.05) is 18.2 Å². The van der Waals surface area contributed by atoms with Crippen LogP contribution in [0.15, 0.2) is 36.4 Å². The average molecular weight is 343 g/mol. The van der Waals surface area contributed by atoms with Crippen LogP contribution in [-0.4, -0.2) is 26.0 Å². The van der Waals surface area contributed by atoms with Gasteiger partial charge in [-0.15, -0.1) is 0 Å². The Morgan fingerprint density at radius 2 is 1.92 bits per heavy atom. The predicted molar refractivity (Wildman–Crippen MR) is 93.1 cm³/mol. The van der Waals surface area contributed by atoms with Crippen LogP contribution in [0, 0.1) is 23.0 Å². The Kier molecular flexibility index (Phi) is 6.20. The number of anilines is 1. The molecule has 0 saturated carbocycles. The lowest BCUT2D eigenvalue weighted by Gasteiger charge is -2.21. The third-order valence-electron chi connectivity index (χ3n) is 4.13. The quantitative estimate of drug-likeness (QED) is 0.783. The molecule has 0 bridgehead atoms. The summed E-state index contributed by atoms with van der Waals surface area (Å²) in [6.45, 7) is 2.19. The van der Waals surface area contributed by atoms with Gasteiger partial charge in [-0.05, 0) is 38.6 Å². The minimum Gasteiger partial charge on any atom is -0.317 e. The van der Waals surface area contributed by atoms with Gasteiger partial charge in [-0.3, -0.25) is 4.79 Å². The number of hydrogen-bond donors (Lipinski definition) is 1. The first-order chi connectivity index (χ1) is 12.0. The average Bonchev–Trinajstić information content (AvgIpc) is 2.65. The maximum atomic E-state index is 14.6. The van der Waals surface area contributed by atoms with E-state index in [2.05, 4.69) is 5.32 Å². The van der Waals surface area contributed by atoms with Crippen LogP contribution in [0.5, 0.6) is 0 Å². The van der Waals surface area contributed by atoms with Crippen LogP contribution < -0.4 is 10.2 Å². The second-order valence-corrected chi connectivity index (χ2v) is 5.69. The number of hydrogen-bond acceptors (Lipinski definition) is 3. The minimum atomic E-state index is -1.10. The van der Waals surface area contributed by atoms with Gasteiger partial charge in [-0.2, -0.15) is 5.26 Å². The molecule has 0 aliphatic heterocycles. The van der Waals surface area contributed by atoms with Crippen molar-refractivity contribution in [1.82, 2.24) is 5.32 Å². The third-order valence-corrected chi connectivity index (χ3v) is 4.13. The van der Waals surface area contributed by atoms with Crippen molar-refractivity contribution in [3.8, 4) is 17.2 Å². The monoisotopic (exact) mass is 343 g/mol. The van der Waals surface area contributed by atoms with Gasteiger partial charge in [0.2, 0.25) is 6.41 Å². The maximum Gasteiger partial charge on any atom is 0.214 e. The van der Waals surface area contributed by atoms with Gasteiger partial charge in [0.05, 0.1) is 17.3 Å². The first-order valence-corrected chi connectivity index (χ1v) is 7.90. The molecule has 0 fully saturated rings. The van der Waals surface area contributed by atoms with E-state index < -0.39 is 11.6 Å². The van der Waals surface area contributed by atoms with Crippen LogP contribution in [0.25, 0.3) is 11.1 Å². The molecular formula is C19H19F2N3O. The Morgan fingerprint density at radius 1 is 1.20 bits per heavy atom. The highest BCUT2D eigenvalue weighted by atomic mass is 19.2. The summed E-state index contributed by atoms with van der Waals surface area (Å²) < 4.78 is 29.1. The Labute approximate surface area is 145 Å². The van der Waals surface area contributed by atoms with E-state index in [9.17, 15) is 13.6 Å². The molecule has 0 heterocycles. The van der Waals surface area contributed by atoms with E-state index in [1.165, 1.54) is 18.2 Å². The van der Waals surface area contributed by atoms with E-state index in [1.54, 1.807) is 25.2 Å². The molecule has 1 unspecified atom stereocenters. The van der Waals surface area contributed by atoms with Crippen molar-refractivity contribution >= 4 is 12.1 Å². The molecule has 1 N–H and O–H groups in total. The normalized spacial score (nSPS) is 11.6. The Bertz CT molecular complexity index is 802. The Balaban J connectivity index is 2.40. The zero-order valence-electron chi connectivity index (χ0n) is 14.1. The lowest BCUT2D eigenvalue weighted by molar-refractivity contribution is -0.107. The summed E-state index contributed by atoms with van der Waals surface area (Å²) in [6.07, 6.45) is 1.08. The molecule has 0 aliphatic carbocycles. The van der Waals surface area contributed by atoms with E-state index in [0.717, 1.165) is 4.90 Å². The molecule has 0 saturated heterocycles. The Hall–Kier alpha value is -2.78. The van der Waals surface area contributed by atoms with Crippen molar-refractivity contribution in [1.29, 1.82) is 5.26 Å². The first-order valence-electron chi connectivity index (χ1n) is 7.90. The molecule has 2 aromatic rings. The van der Waals surface area contributed by atoms with Crippen LogP contribution in [0.1, 0.15) is 18.9 Å². The number of carbonyl (C=O) groups is 1. The summed E-state index contributed by atoms with van der Waals surface area (Å²) in [7, 11) is 1.79. The van der Waals surface area contributed by atoms with E-state index in [0.29, 0.717) is 18.4 Å². The zero-order chi connectivity index (χ0) is 18.4. The van der Waals surface area contributed by atoms with Gasteiger partial charge >= 0.3 is 0 Å². The van der Waals surface area contributed by atoms with Crippen molar-refractivity contribution in [2.45, 2.75) is 19.4 Å². The predicted octanol–water partition coefficient (Wildman–Crippen LogP) is 3.46. The summed E-state index contributed by atoms with van der Waals surface area (Å²) >= 11 is 0. The van der Waals surface area contributed by atoms with Gasteiger partial charge in [0.25, 0.3) is 0 Å². The Morgan fingerprint density at radius 3 is 2.56 bits per heavy atom. The van der Waals surface area contributed by atoms with E-state index in [4.69, 9.17) is 5.26 Å². The van der Waals surface area contributed by atoms with Crippen LogP contribution >= 0.6 is 0 Å². The lowest BCUT2D eigenvalue weighted by atomic mass is 9.99. The van der Waals surface area contributed by atoms with Crippen molar-refractivity contribution in [3.63, 3.8) is 0 Å². The van der Waals surface area contributed by atoms with Crippen molar-refractivity contribution in [3.05, 3.63) is 53.6 Å². The topological polar surface area (TPSA) is 56.1 Å². The van der Waals surface area contributed by atoms with Crippen LogP contribution in [0.2, 0.25) is 0 Å². The zero-order valence-corrected chi connectivity index (χ0v) is 14.1. The molecule has 2 aromatic carbocycles. The number of amides is 1. The van der Waals surface area contributed by atoms with Crippen molar-refractivity contribution in [2.24, 2.45) is 0 Å². The molecule has 6 heteroatoms. The molecule has 0 aromatic heterocycles. The van der Waals surface area contributed by atoms with Gasteiger partial charge < -0.3 is 10.2 Å². The molecular weight excluding hydrogens is 324 g/mol. The fourth-order valence-electron chi connectivity index (χ4n) is 2.49. The van der Waals surface area contributed by atoms with Crippen molar-refractivity contribution < 1.29 is 13.6 Å². The molecule has 0 spiro atoms. The summed E-state index contributed by atoms with van der Waals surface area (Å²) in [6, 6.07) is 11.3. The summed E-state index contributed by atoms with van der Waals surface area (Å²) in [5.41, 5.74) is 0.444. The van der Waals surface area contributed by atoms with Crippen LogP contribution in [-0.2, 0) is 4.79 Å². The third kappa shape index (κ3) is 4.01. The molecule has 25 heavy (non-hydrogen) atoms. The molecule has 2 rings (SSSR count). The molecule has 0 radical (unpaired) electrons. The maximum absolute atomic E-state index is 14.6. The smallest absolute Gasteiger partial charge is 0.214 e. The fraction of sp³-hybridized carbons (Fsp3) is 0.263. The van der Waals surface area contributed by atoms with Crippen LogP contribution in [0.3, 0.4) is 0 Å². The number of nitriles is 1. The van der Waals surface area contributed by atoms with Gasteiger partial charge in [-0.25, -0.2) is 8.78 Å². The molecule has 1 atom stereocenters.